The maximum Gasteiger partial charge on any atom is 0.258 e. The Morgan fingerprint density at radius 3 is 2.29 bits per heavy atom. The first-order valence-corrected chi connectivity index (χ1v) is 14.7. The van der Waals surface area contributed by atoms with Gasteiger partial charge in [0.15, 0.2) is 0 Å². The van der Waals surface area contributed by atoms with Crippen molar-refractivity contribution in [1.82, 2.24) is 26.0 Å². The van der Waals surface area contributed by atoms with E-state index in [9.17, 15) is 19.2 Å². The van der Waals surface area contributed by atoms with Gasteiger partial charge in [-0.15, -0.1) is 0 Å². The monoisotopic (exact) mass is 577 g/mol. The van der Waals surface area contributed by atoms with E-state index in [1.54, 1.807) is 14.0 Å². The van der Waals surface area contributed by atoms with Gasteiger partial charge in [-0.2, -0.15) is 0 Å². The molecule has 1 unspecified atom stereocenters. The molecule has 4 bridgehead atoms. The summed E-state index contributed by atoms with van der Waals surface area (Å²) in [6.07, 6.45) is 8.86. The lowest BCUT2D eigenvalue weighted by Crippen LogP contribution is -2.62. The molecule has 1 saturated heterocycles. The number of hydrogen-bond acceptors (Lipinski definition) is 5. The van der Waals surface area contributed by atoms with Crippen LogP contribution in [-0.2, 0) is 19.2 Å². The van der Waals surface area contributed by atoms with Crippen molar-refractivity contribution in [3.8, 4) is 0 Å². The molecule has 9 heteroatoms. The molecule has 1 aromatic carbocycles. The van der Waals surface area contributed by atoms with Gasteiger partial charge in [0.2, 0.25) is 17.7 Å². The molecule has 9 nitrogen and oxygen atoms in total. The van der Waals surface area contributed by atoms with Crippen LogP contribution in [0.15, 0.2) is 42.5 Å². The van der Waals surface area contributed by atoms with E-state index in [4.69, 9.17) is 0 Å². The molecule has 0 spiro atoms. The molecule has 228 valence electrons. The van der Waals surface area contributed by atoms with Crippen LogP contribution in [0, 0.1) is 18.3 Å². The Morgan fingerprint density at radius 2 is 1.64 bits per heavy atom. The summed E-state index contributed by atoms with van der Waals surface area (Å²) in [6.45, 7) is 17.5. The van der Waals surface area contributed by atoms with Crippen LogP contribution in [0.4, 0.5) is 0 Å². The van der Waals surface area contributed by atoms with Crippen molar-refractivity contribution in [2.24, 2.45) is 11.3 Å². The molecule has 0 saturated carbocycles. The van der Waals surface area contributed by atoms with Gasteiger partial charge in [0, 0.05) is 13.6 Å². The van der Waals surface area contributed by atoms with Crippen molar-refractivity contribution in [2.45, 2.75) is 85.5 Å². The first-order valence-electron chi connectivity index (χ1n) is 14.7. The van der Waals surface area contributed by atoms with Gasteiger partial charge in [-0.3, -0.25) is 24.2 Å². The number of carbonyl (C=O) groups is 4. The van der Waals surface area contributed by atoms with E-state index in [2.05, 4.69) is 22.6 Å². The number of fused-ring (bicyclic) bond motifs is 14. The number of nitrogens with one attached hydrogen (secondary N) is 3. The molecule has 4 rings (SSSR count). The van der Waals surface area contributed by atoms with Crippen LogP contribution in [0.25, 0.3) is 12.2 Å². The van der Waals surface area contributed by atoms with Crippen LogP contribution in [0.1, 0.15) is 71.1 Å². The Labute approximate surface area is 250 Å². The highest BCUT2D eigenvalue weighted by Gasteiger charge is 2.38. The highest BCUT2D eigenvalue weighted by Crippen LogP contribution is 2.26. The Hall–Kier alpha value is -3.72. The van der Waals surface area contributed by atoms with Gasteiger partial charge >= 0.3 is 0 Å². The normalized spacial score (nSPS) is 28.0. The summed E-state index contributed by atoms with van der Waals surface area (Å²) >= 11 is 0. The first kappa shape index (κ1) is 32.8. The van der Waals surface area contributed by atoms with E-state index >= 15 is 0 Å². The maximum absolute atomic E-state index is 13.7. The second kappa shape index (κ2) is 13.5. The second-order valence-corrected chi connectivity index (χ2v) is 12.5. The van der Waals surface area contributed by atoms with Crippen LogP contribution < -0.4 is 16.1 Å². The van der Waals surface area contributed by atoms with Crippen LogP contribution in [-0.4, -0.2) is 71.3 Å². The third-order valence-electron chi connectivity index (χ3n) is 8.07. The zero-order valence-corrected chi connectivity index (χ0v) is 26.3. The van der Waals surface area contributed by atoms with Crippen LogP contribution in [0.2, 0.25) is 0 Å². The van der Waals surface area contributed by atoms with Gasteiger partial charge in [-0.1, -0.05) is 62.9 Å². The Bertz CT molecular complexity index is 1280. The van der Waals surface area contributed by atoms with Crippen LogP contribution in [0.3, 0.4) is 0 Å². The smallest absolute Gasteiger partial charge is 0.258 e. The summed E-state index contributed by atoms with van der Waals surface area (Å²) in [7, 11) is 1.63. The molecule has 3 heterocycles. The minimum Gasteiger partial charge on any atom is -0.348 e. The molecule has 1 fully saturated rings. The number of aryl methyl sites for hydroxylation is 1. The topological polar surface area (TPSA) is 111 Å². The molecule has 0 aliphatic carbocycles. The fraction of sp³-hybridized carbons (Fsp3) is 0.515. The molecule has 4 amide bonds. The van der Waals surface area contributed by atoms with E-state index in [-0.39, 0.29) is 29.7 Å². The van der Waals surface area contributed by atoms with Crippen LogP contribution >= 0.6 is 0 Å². The van der Waals surface area contributed by atoms with E-state index in [1.807, 2.05) is 84.0 Å². The highest BCUT2D eigenvalue weighted by atomic mass is 16.2. The van der Waals surface area contributed by atoms with Gasteiger partial charge in [-0.25, -0.2) is 5.43 Å². The number of carbonyl (C=O) groups excluding carboxylic acids is 4. The molecule has 42 heavy (non-hydrogen) atoms. The van der Waals surface area contributed by atoms with Gasteiger partial charge < -0.3 is 15.5 Å². The lowest BCUT2D eigenvalue weighted by Gasteiger charge is -2.37. The van der Waals surface area contributed by atoms with Crippen molar-refractivity contribution in [3.63, 3.8) is 0 Å². The summed E-state index contributed by atoms with van der Waals surface area (Å²) in [5, 5.41) is 7.22. The Balaban J connectivity index is 1.98. The summed E-state index contributed by atoms with van der Waals surface area (Å²) in [4.78, 5) is 55.0. The molecule has 3 aliphatic rings. The summed E-state index contributed by atoms with van der Waals surface area (Å²) in [6, 6.07) is 3.50. The summed E-state index contributed by atoms with van der Waals surface area (Å²) < 4.78 is 0. The summed E-state index contributed by atoms with van der Waals surface area (Å²) in [5.41, 5.74) is 5.93. The molecular weight excluding hydrogens is 530 g/mol. The maximum atomic E-state index is 13.7. The van der Waals surface area contributed by atoms with E-state index in [0.717, 1.165) is 22.3 Å². The second-order valence-electron chi connectivity index (χ2n) is 12.5. The first-order chi connectivity index (χ1) is 19.6. The number of likely N-dealkylation sites (N-methyl/N-ethyl adjacent to an activating group) is 1. The van der Waals surface area contributed by atoms with Crippen molar-refractivity contribution in [3.05, 3.63) is 59.2 Å². The zero-order chi connectivity index (χ0) is 31.4. The molecule has 4 atom stereocenters. The number of hydrazine groups is 1. The highest BCUT2D eigenvalue weighted by molar-refractivity contribution is 5.94. The quantitative estimate of drug-likeness (QED) is 0.473. The SMILES string of the molecule is C=C1/C=C\c2ccc(cc2C)/C=C/C(C)(C)C(=O)N(C)C(C(C)C)C(=O)N[C@@H](C)C(=O)N2CCC[C@H](N2)C(=O)N[C@@H]1C. The number of benzene rings is 1. The third-order valence-corrected chi connectivity index (χ3v) is 8.07. The minimum absolute atomic E-state index is 0.198. The van der Waals surface area contributed by atoms with Gasteiger partial charge in [0.1, 0.15) is 18.1 Å². The fourth-order valence-corrected chi connectivity index (χ4v) is 5.35. The molecule has 3 aliphatic heterocycles. The third kappa shape index (κ3) is 7.76. The number of amides is 4. The predicted molar refractivity (Wildman–Crippen MR) is 167 cm³/mol. The standard InChI is InChI=1S/C33H47N5O4/c1-20(2)28-30(40)35-24(6)31(41)38-18-10-11-27(36-38)29(39)34-23(5)21(3)12-14-26-15-13-25(19-22(26)4)16-17-33(7,8)32(42)37(28)9/h12-17,19-20,23-24,27-28,36H,3,10-11,18H2,1-2,4-9H3,(H,34,39)(H,35,40)/b14-12-,17-16+/t23-,24+,27+,28?/m1/s1. The molecular formula is C33H47N5O4. The largest absolute Gasteiger partial charge is 0.348 e. The van der Waals surface area contributed by atoms with Crippen molar-refractivity contribution < 1.29 is 19.2 Å². The van der Waals surface area contributed by atoms with Crippen molar-refractivity contribution in [2.75, 3.05) is 13.6 Å². The summed E-state index contributed by atoms with van der Waals surface area (Å²) in [5.74, 6) is -1.38. The molecule has 0 radical (unpaired) electrons. The number of nitrogens with zero attached hydrogens (tertiary/aromatic N) is 2. The minimum atomic E-state index is -0.883. The van der Waals surface area contributed by atoms with Gasteiger partial charge in [0.25, 0.3) is 5.91 Å². The van der Waals surface area contributed by atoms with E-state index < -0.39 is 29.4 Å². The zero-order valence-electron chi connectivity index (χ0n) is 26.3. The Morgan fingerprint density at radius 1 is 0.976 bits per heavy atom. The van der Waals surface area contributed by atoms with Crippen molar-refractivity contribution >= 4 is 35.8 Å². The molecule has 3 N–H and O–H groups in total. The molecule has 0 aromatic heterocycles. The van der Waals surface area contributed by atoms with E-state index in [1.165, 1.54) is 9.91 Å². The lowest BCUT2D eigenvalue weighted by atomic mass is 9.88. The lowest BCUT2D eigenvalue weighted by molar-refractivity contribution is -0.147. The number of rotatable bonds is 1. The van der Waals surface area contributed by atoms with Crippen molar-refractivity contribution in [1.29, 1.82) is 0 Å². The number of hydrogen-bond donors (Lipinski definition) is 3. The van der Waals surface area contributed by atoms with Gasteiger partial charge in [-0.05, 0) is 75.6 Å². The average molecular weight is 578 g/mol. The predicted octanol–water partition coefficient (Wildman–Crippen LogP) is 3.61. The van der Waals surface area contributed by atoms with Gasteiger partial charge in [0.05, 0.1) is 11.5 Å². The van der Waals surface area contributed by atoms with E-state index in [0.29, 0.717) is 19.4 Å². The fourth-order valence-electron chi connectivity index (χ4n) is 5.35. The average Bonchev–Trinajstić information content (AvgIpc) is 2.93. The molecule has 1 aromatic rings. The van der Waals surface area contributed by atoms with Crippen LogP contribution in [0.5, 0.6) is 0 Å². The Kier molecular flexibility index (Phi) is 10.5.